The maximum Gasteiger partial charge on any atom is 0.255 e. The molecule has 0 unspecified atom stereocenters. The van der Waals surface area contributed by atoms with Crippen LogP contribution in [-0.4, -0.2) is 11.8 Å². The van der Waals surface area contributed by atoms with Crippen LogP contribution in [-0.2, 0) is 11.2 Å². The number of carbonyl (C=O) groups is 2. The van der Waals surface area contributed by atoms with Crippen LogP contribution in [0.15, 0.2) is 46.9 Å². The van der Waals surface area contributed by atoms with Gasteiger partial charge in [0, 0.05) is 15.7 Å². The van der Waals surface area contributed by atoms with Crippen LogP contribution in [0.25, 0.3) is 0 Å². The Bertz CT molecular complexity index is 687. The summed E-state index contributed by atoms with van der Waals surface area (Å²) in [6.45, 7) is 0. The Morgan fingerprint density at radius 3 is 2.38 bits per heavy atom. The van der Waals surface area contributed by atoms with Gasteiger partial charge in [-0.2, -0.15) is 0 Å². The Kier molecular flexibility index (Phi) is 4.98. The van der Waals surface area contributed by atoms with Crippen LogP contribution in [0.1, 0.15) is 15.9 Å². The van der Waals surface area contributed by atoms with Gasteiger partial charge in [0.15, 0.2) is 0 Å². The number of nitrogens with two attached hydrogens (primary N) is 1. The minimum Gasteiger partial charge on any atom is -0.369 e. The van der Waals surface area contributed by atoms with Crippen molar-refractivity contribution in [3.05, 3.63) is 63.1 Å². The average molecular weight is 368 g/mol. The van der Waals surface area contributed by atoms with E-state index >= 15 is 0 Å². The fourth-order valence-corrected chi connectivity index (χ4v) is 2.24. The lowest BCUT2D eigenvalue weighted by Gasteiger charge is -2.07. The highest BCUT2D eigenvalue weighted by molar-refractivity contribution is 9.10. The summed E-state index contributed by atoms with van der Waals surface area (Å²) in [6, 6.07) is 11.9. The van der Waals surface area contributed by atoms with Gasteiger partial charge in [-0.1, -0.05) is 23.7 Å². The molecule has 21 heavy (non-hydrogen) atoms. The summed E-state index contributed by atoms with van der Waals surface area (Å²) in [7, 11) is 0. The molecule has 0 aliphatic rings. The number of nitrogens with one attached hydrogen (secondary N) is 1. The molecule has 0 aliphatic heterocycles. The molecule has 0 aromatic heterocycles. The molecule has 4 nitrogen and oxygen atoms in total. The summed E-state index contributed by atoms with van der Waals surface area (Å²) in [4.78, 5) is 22.9. The summed E-state index contributed by atoms with van der Waals surface area (Å²) in [5, 5.41) is 3.31. The van der Waals surface area contributed by atoms with E-state index in [2.05, 4.69) is 21.2 Å². The van der Waals surface area contributed by atoms with Crippen molar-refractivity contribution < 1.29 is 9.59 Å². The average Bonchev–Trinajstić information content (AvgIpc) is 2.43. The summed E-state index contributed by atoms with van der Waals surface area (Å²) in [6.07, 6.45) is 0.179. The van der Waals surface area contributed by atoms with E-state index in [1.54, 1.807) is 42.5 Å². The molecule has 0 radical (unpaired) electrons. The summed E-state index contributed by atoms with van der Waals surface area (Å²) in [5.41, 5.74) is 7.05. The first kappa shape index (κ1) is 15.5. The van der Waals surface area contributed by atoms with Crippen molar-refractivity contribution in [3.8, 4) is 0 Å². The van der Waals surface area contributed by atoms with Gasteiger partial charge in [-0.15, -0.1) is 0 Å². The van der Waals surface area contributed by atoms with Gasteiger partial charge >= 0.3 is 0 Å². The molecule has 2 aromatic carbocycles. The molecule has 0 saturated carbocycles. The SMILES string of the molecule is NC(=O)Cc1ccc(NC(=O)c2ccc(Cl)c(Br)c2)cc1. The summed E-state index contributed by atoms with van der Waals surface area (Å²) in [5.74, 6) is -0.632. The monoisotopic (exact) mass is 366 g/mol. The molecule has 3 N–H and O–H groups in total. The van der Waals surface area contributed by atoms with Crippen LogP contribution in [0.5, 0.6) is 0 Å². The maximum atomic E-state index is 12.1. The molecular weight excluding hydrogens is 356 g/mol. The Hall–Kier alpha value is -1.85. The molecule has 2 aromatic rings. The van der Waals surface area contributed by atoms with Crippen LogP contribution in [0, 0.1) is 0 Å². The van der Waals surface area contributed by atoms with Gasteiger partial charge in [-0.05, 0) is 51.8 Å². The minimum atomic E-state index is -0.391. The molecule has 108 valence electrons. The minimum absolute atomic E-state index is 0.179. The van der Waals surface area contributed by atoms with Gasteiger partial charge in [0.05, 0.1) is 11.4 Å². The highest BCUT2D eigenvalue weighted by atomic mass is 79.9. The Morgan fingerprint density at radius 2 is 1.81 bits per heavy atom. The fraction of sp³-hybridized carbons (Fsp3) is 0.0667. The molecule has 0 heterocycles. The highest BCUT2D eigenvalue weighted by Crippen LogP contribution is 2.23. The van der Waals surface area contributed by atoms with Crippen molar-refractivity contribution in [2.75, 3.05) is 5.32 Å². The molecule has 0 aliphatic carbocycles. The second-order valence-electron chi connectivity index (χ2n) is 4.42. The Morgan fingerprint density at radius 1 is 1.14 bits per heavy atom. The number of hydrogen-bond acceptors (Lipinski definition) is 2. The normalized spacial score (nSPS) is 10.2. The zero-order chi connectivity index (χ0) is 15.4. The summed E-state index contributed by atoms with van der Waals surface area (Å²) >= 11 is 9.16. The van der Waals surface area contributed by atoms with E-state index in [9.17, 15) is 9.59 Å². The zero-order valence-corrected chi connectivity index (χ0v) is 13.2. The molecule has 0 bridgehead atoms. The molecule has 2 rings (SSSR count). The first-order valence-corrected chi connectivity index (χ1v) is 7.26. The third-order valence-electron chi connectivity index (χ3n) is 2.77. The van der Waals surface area contributed by atoms with E-state index in [1.165, 1.54) is 0 Å². The molecule has 0 spiro atoms. The topological polar surface area (TPSA) is 72.2 Å². The van der Waals surface area contributed by atoms with E-state index in [1.807, 2.05) is 0 Å². The van der Waals surface area contributed by atoms with Crippen molar-refractivity contribution >= 4 is 45.0 Å². The van der Waals surface area contributed by atoms with Gasteiger partial charge in [-0.3, -0.25) is 9.59 Å². The lowest BCUT2D eigenvalue weighted by atomic mass is 10.1. The van der Waals surface area contributed by atoms with Gasteiger partial charge in [-0.25, -0.2) is 0 Å². The highest BCUT2D eigenvalue weighted by Gasteiger charge is 2.08. The van der Waals surface area contributed by atoms with Gasteiger partial charge in [0.2, 0.25) is 5.91 Å². The van der Waals surface area contributed by atoms with Crippen molar-refractivity contribution in [1.29, 1.82) is 0 Å². The number of rotatable bonds is 4. The van der Waals surface area contributed by atoms with Crippen molar-refractivity contribution in [1.82, 2.24) is 0 Å². The number of halogens is 2. The van der Waals surface area contributed by atoms with E-state index in [4.69, 9.17) is 17.3 Å². The Balaban J connectivity index is 2.08. The molecular formula is C15H12BrClN2O2. The van der Waals surface area contributed by atoms with Gasteiger partial charge in [0.1, 0.15) is 0 Å². The number of amides is 2. The predicted octanol–water partition coefficient (Wildman–Crippen LogP) is 3.38. The van der Waals surface area contributed by atoms with Crippen LogP contribution in [0.4, 0.5) is 5.69 Å². The lowest BCUT2D eigenvalue weighted by Crippen LogP contribution is -2.14. The Labute approximate surface area is 135 Å². The zero-order valence-electron chi connectivity index (χ0n) is 10.9. The predicted molar refractivity (Wildman–Crippen MR) is 86.4 cm³/mol. The quantitative estimate of drug-likeness (QED) is 0.869. The second-order valence-corrected chi connectivity index (χ2v) is 5.68. The molecule has 2 amide bonds. The van der Waals surface area contributed by atoms with Crippen molar-refractivity contribution in [2.24, 2.45) is 5.73 Å². The van der Waals surface area contributed by atoms with E-state index in [-0.39, 0.29) is 12.3 Å². The number of benzene rings is 2. The lowest BCUT2D eigenvalue weighted by molar-refractivity contribution is -0.117. The number of carbonyl (C=O) groups excluding carboxylic acids is 2. The third-order valence-corrected chi connectivity index (χ3v) is 3.99. The third kappa shape index (κ3) is 4.31. The van der Waals surface area contributed by atoms with Crippen LogP contribution >= 0.6 is 27.5 Å². The number of primary amides is 1. The van der Waals surface area contributed by atoms with E-state index in [0.717, 1.165) is 5.56 Å². The van der Waals surface area contributed by atoms with E-state index in [0.29, 0.717) is 20.7 Å². The van der Waals surface area contributed by atoms with Crippen LogP contribution in [0.2, 0.25) is 5.02 Å². The molecule has 6 heteroatoms. The molecule has 0 atom stereocenters. The largest absolute Gasteiger partial charge is 0.369 e. The second kappa shape index (κ2) is 6.74. The van der Waals surface area contributed by atoms with Crippen LogP contribution < -0.4 is 11.1 Å². The van der Waals surface area contributed by atoms with E-state index < -0.39 is 5.91 Å². The standard InChI is InChI=1S/C15H12BrClN2O2/c16-12-8-10(3-6-13(12)17)15(21)19-11-4-1-9(2-5-11)7-14(18)20/h1-6,8H,7H2,(H2,18,20)(H,19,21). The van der Waals surface area contributed by atoms with Crippen molar-refractivity contribution in [3.63, 3.8) is 0 Å². The number of anilines is 1. The summed E-state index contributed by atoms with van der Waals surface area (Å²) < 4.78 is 0.661. The van der Waals surface area contributed by atoms with Crippen LogP contribution in [0.3, 0.4) is 0 Å². The maximum absolute atomic E-state index is 12.1. The van der Waals surface area contributed by atoms with Crippen molar-refractivity contribution in [2.45, 2.75) is 6.42 Å². The smallest absolute Gasteiger partial charge is 0.255 e. The first-order chi connectivity index (χ1) is 9.95. The van der Waals surface area contributed by atoms with Gasteiger partial charge in [0.25, 0.3) is 5.91 Å². The number of hydrogen-bond donors (Lipinski definition) is 2. The molecule has 0 fully saturated rings. The first-order valence-electron chi connectivity index (χ1n) is 6.09. The van der Waals surface area contributed by atoms with Gasteiger partial charge < -0.3 is 11.1 Å². The fourth-order valence-electron chi connectivity index (χ4n) is 1.75. The molecule has 0 saturated heterocycles.